The highest BCUT2D eigenvalue weighted by atomic mass is 19.4. The summed E-state index contributed by atoms with van der Waals surface area (Å²) in [6.45, 7) is -0.558. The van der Waals surface area contributed by atoms with E-state index in [2.05, 4.69) is 9.97 Å². The minimum atomic E-state index is -4.67. The fourth-order valence-electron chi connectivity index (χ4n) is 3.28. The molecule has 1 aliphatic heterocycles. The summed E-state index contributed by atoms with van der Waals surface area (Å²) < 4.78 is 47.4. The number of pyridine rings is 1. The van der Waals surface area contributed by atoms with Crippen LogP contribution in [0.1, 0.15) is 11.8 Å². The highest BCUT2D eigenvalue weighted by Gasteiger charge is 2.44. The molecule has 10 heteroatoms. The number of rotatable bonds is 3. The van der Waals surface area contributed by atoms with E-state index < -0.39 is 48.4 Å². The number of hydrogen-bond acceptors (Lipinski definition) is 6. The Labute approximate surface area is 156 Å². The zero-order chi connectivity index (χ0) is 20.1. The SMILES string of the molecule is OC[C@H]1O[C@@H](n2cnc3c(C(F)(F)F)cc(-c4ccccc4)nc32)[C@H](O)[C@@H]1O. The maximum absolute atomic E-state index is 13.6. The van der Waals surface area contributed by atoms with E-state index in [-0.39, 0.29) is 11.3 Å². The Morgan fingerprint density at radius 2 is 1.82 bits per heavy atom. The van der Waals surface area contributed by atoms with Gasteiger partial charge in [-0.15, -0.1) is 0 Å². The molecule has 0 unspecified atom stereocenters. The number of aliphatic hydroxyl groups excluding tert-OH is 3. The zero-order valence-corrected chi connectivity index (χ0v) is 14.3. The van der Waals surface area contributed by atoms with Gasteiger partial charge in [0, 0.05) is 5.56 Å². The average molecular weight is 395 g/mol. The number of benzene rings is 1. The first-order valence-electron chi connectivity index (χ1n) is 8.44. The topological polar surface area (TPSA) is 101 Å². The molecule has 7 nitrogen and oxygen atoms in total. The molecule has 0 spiro atoms. The number of fused-ring (bicyclic) bond motifs is 1. The maximum Gasteiger partial charge on any atom is 0.418 e. The molecule has 1 saturated heterocycles. The van der Waals surface area contributed by atoms with E-state index in [9.17, 15) is 28.5 Å². The van der Waals surface area contributed by atoms with Gasteiger partial charge in [-0.1, -0.05) is 30.3 Å². The number of halogens is 3. The summed E-state index contributed by atoms with van der Waals surface area (Å²) in [5.41, 5.74) is -0.965. The van der Waals surface area contributed by atoms with Crippen molar-refractivity contribution in [1.82, 2.24) is 14.5 Å². The summed E-state index contributed by atoms with van der Waals surface area (Å²) in [6.07, 6.45) is -8.78. The Kier molecular flexibility index (Phi) is 4.58. The van der Waals surface area contributed by atoms with Gasteiger partial charge in [-0.25, -0.2) is 9.97 Å². The molecule has 28 heavy (non-hydrogen) atoms. The van der Waals surface area contributed by atoms with Crippen LogP contribution < -0.4 is 0 Å². The normalized spacial score (nSPS) is 25.5. The van der Waals surface area contributed by atoms with Crippen molar-refractivity contribution in [2.75, 3.05) is 6.61 Å². The molecule has 148 valence electrons. The summed E-state index contributed by atoms with van der Waals surface area (Å²) >= 11 is 0. The lowest BCUT2D eigenvalue weighted by molar-refractivity contribution is -0.136. The van der Waals surface area contributed by atoms with Crippen LogP contribution in [0.15, 0.2) is 42.7 Å². The summed E-state index contributed by atoms with van der Waals surface area (Å²) in [5.74, 6) is 0. The first-order chi connectivity index (χ1) is 13.3. The quantitative estimate of drug-likeness (QED) is 0.625. The van der Waals surface area contributed by atoms with Gasteiger partial charge >= 0.3 is 6.18 Å². The van der Waals surface area contributed by atoms with Crippen molar-refractivity contribution in [1.29, 1.82) is 0 Å². The van der Waals surface area contributed by atoms with Gasteiger partial charge in [0.05, 0.1) is 24.2 Å². The lowest BCUT2D eigenvalue weighted by Crippen LogP contribution is -2.33. The Morgan fingerprint density at radius 1 is 1.11 bits per heavy atom. The molecule has 0 radical (unpaired) electrons. The Hall–Kier alpha value is -2.53. The maximum atomic E-state index is 13.6. The number of aromatic nitrogens is 3. The summed E-state index contributed by atoms with van der Waals surface area (Å²) in [5, 5.41) is 29.4. The Bertz CT molecular complexity index is 993. The van der Waals surface area contributed by atoms with Gasteiger partial charge in [0.2, 0.25) is 0 Å². The largest absolute Gasteiger partial charge is 0.418 e. The lowest BCUT2D eigenvalue weighted by atomic mass is 10.1. The molecule has 3 heterocycles. The standard InChI is InChI=1S/C18H16F3N3O4/c19-18(20,21)10-6-11(9-4-2-1-3-5-9)23-16-13(10)22-8-24(16)17-15(27)14(26)12(7-25)28-17/h1-6,8,12,14-15,17,25-27H,7H2/t12-,14-,15-,17-/m1/s1. The van der Waals surface area contributed by atoms with Gasteiger partial charge in [0.1, 0.15) is 23.8 Å². The minimum absolute atomic E-state index is 0.0777. The summed E-state index contributed by atoms with van der Waals surface area (Å²) in [7, 11) is 0. The van der Waals surface area contributed by atoms with E-state index in [1.807, 2.05) is 0 Å². The molecular weight excluding hydrogens is 379 g/mol. The third-order valence-electron chi connectivity index (χ3n) is 4.70. The molecule has 0 aliphatic carbocycles. The number of nitrogens with zero attached hydrogens (tertiary/aromatic N) is 3. The van der Waals surface area contributed by atoms with E-state index in [1.165, 1.54) is 0 Å². The second-order valence-electron chi connectivity index (χ2n) is 6.47. The van der Waals surface area contributed by atoms with Gasteiger partial charge in [-0.05, 0) is 6.07 Å². The molecule has 2 aromatic heterocycles. The highest BCUT2D eigenvalue weighted by molar-refractivity contribution is 5.80. The van der Waals surface area contributed by atoms with E-state index >= 15 is 0 Å². The van der Waals surface area contributed by atoms with Crippen LogP contribution in [0.25, 0.3) is 22.4 Å². The molecule has 0 bridgehead atoms. The van der Waals surface area contributed by atoms with Crippen LogP contribution in [-0.4, -0.2) is 54.8 Å². The van der Waals surface area contributed by atoms with Gasteiger partial charge in [0.25, 0.3) is 0 Å². The van der Waals surface area contributed by atoms with Crippen molar-refractivity contribution in [2.45, 2.75) is 30.7 Å². The van der Waals surface area contributed by atoms with E-state index in [0.29, 0.717) is 5.56 Å². The van der Waals surface area contributed by atoms with Crippen LogP contribution in [-0.2, 0) is 10.9 Å². The molecule has 1 aliphatic rings. The van der Waals surface area contributed by atoms with E-state index in [0.717, 1.165) is 17.0 Å². The highest BCUT2D eigenvalue weighted by Crippen LogP contribution is 2.38. The fourth-order valence-corrected chi connectivity index (χ4v) is 3.28. The molecule has 0 amide bonds. The van der Waals surface area contributed by atoms with Crippen LogP contribution in [0.5, 0.6) is 0 Å². The van der Waals surface area contributed by atoms with Crippen molar-refractivity contribution in [3.63, 3.8) is 0 Å². The smallest absolute Gasteiger partial charge is 0.394 e. The van der Waals surface area contributed by atoms with Gasteiger partial charge in [-0.2, -0.15) is 13.2 Å². The molecule has 4 atom stereocenters. The number of ether oxygens (including phenoxy) is 1. The van der Waals surface area contributed by atoms with Gasteiger partial charge < -0.3 is 20.1 Å². The minimum Gasteiger partial charge on any atom is -0.394 e. The van der Waals surface area contributed by atoms with Crippen LogP contribution >= 0.6 is 0 Å². The van der Waals surface area contributed by atoms with E-state index in [1.54, 1.807) is 30.3 Å². The monoisotopic (exact) mass is 395 g/mol. The number of hydrogen-bond donors (Lipinski definition) is 3. The van der Waals surface area contributed by atoms with Gasteiger partial charge in [0.15, 0.2) is 11.9 Å². The van der Waals surface area contributed by atoms with Gasteiger partial charge in [-0.3, -0.25) is 4.57 Å². The first-order valence-corrected chi connectivity index (χ1v) is 8.44. The zero-order valence-electron chi connectivity index (χ0n) is 14.3. The summed E-state index contributed by atoms with van der Waals surface area (Å²) in [4.78, 5) is 8.12. The third kappa shape index (κ3) is 3.04. The van der Waals surface area contributed by atoms with Crippen molar-refractivity contribution in [3.05, 3.63) is 48.3 Å². The second-order valence-corrected chi connectivity index (χ2v) is 6.47. The molecular formula is C18H16F3N3O4. The lowest BCUT2D eigenvalue weighted by Gasteiger charge is -2.17. The van der Waals surface area contributed by atoms with Crippen molar-refractivity contribution in [2.24, 2.45) is 0 Å². The van der Waals surface area contributed by atoms with Crippen LogP contribution in [0.3, 0.4) is 0 Å². The average Bonchev–Trinajstić information content (AvgIpc) is 3.22. The molecule has 1 aromatic carbocycles. The first kappa shape index (κ1) is 18.8. The van der Waals surface area contributed by atoms with Crippen LogP contribution in [0.2, 0.25) is 0 Å². The van der Waals surface area contributed by atoms with Crippen LogP contribution in [0, 0.1) is 0 Å². The van der Waals surface area contributed by atoms with Crippen molar-refractivity contribution >= 4 is 11.2 Å². The number of alkyl halides is 3. The molecule has 3 aromatic rings. The van der Waals surface area contributed by atoms with Crippen LogP contribution in [0.4, 0.5) is 13.2 Å². The summed E-state index contributed by atoms with van der Waals surface area (Å²) in [6, 6.07) is 9.26. The molecule has 3 N–H and O–H groups in total. The fraction of sp³-hybridized carbons (Fsp3) is 0.333. The predicted octanol–water partition coefficient (Wildman–Crippen LogP) is 1.73. The van der Waals surface area contributed by atoms with E-state index in [4.69, 9.17) is 4.74 Å². The predicted molar refractivity (Wildman–Crippen MR) is 91.0 cm³/mol. The molecule has 4 rings (SSSR count). The third-order valence-corrected chi connectivity index (χ3v) is 4.70. The number of imidazole rings is 1. The molecule has 1 fully saturated rings. The Morgan fingerprint density at radius 3 is 2.43 bits per heavy atom. The molecule has 0 saturated carbocycles. The second kappa shape index (κ2) is 6.82. The van der Waals surface area contributed by atoms with Crippen molar-refractivity contribution < 1.29 is 33.2 Å². The Balaban J connectivity index is 1.91. The number of aliphatic hydroxyl groups is 3. The van der Waals surface area contributed by atoms with Crippen molar-refractivity contribution in [3.8, 4) is 11.3 Å².